The van der Waals surface area contributed by atoms with Crippen molar-refractivity contribution < 1.29 is 14.3 Å². The molecule has 1 aliphatic heterocycles. The lowest BCUT2D eigenvalue weighted by molar-refractivity contribution is -0.121. The van der Waals surface area contributed by atoms with Gasteiger partial charge in [0.05, 0.1) is 12.8 Å². The van der Waals surface area contributed by atoms with Crippen molar-refractivity contribution >= 4 is 51.7 Å². The Bertz CT molecular complexity index is 885. The minimum Gasteiger partial charge on any atom is -0.497 e. The summed E-state index contributed by atoms with van der Waals surface area (Å²) < 4.78 is 5.13. The molecule has 2 aromatic rings. The second kappa shape index (κ2) is 9.12. The van der Waals surface area contributed by atoms with Gasteiger partial charge in [-0.2, -0.15) is 0 Å². The number of methoxy groups -OCH3 is 1. The van der Waals surface area contributed by atoms with E-state index in [1.807, 2.05) is 19.1 Å². The second-order valence-electron chi connectivity index (χ2n) is 5.99. The molecule has 0 saturated carbocycles. The van der Waals surface area contributed by atoms with Gasteiger partial charge in [-0.05, 0) is 55.5 Å². The predicted molar refractivity (Wildman–Crippen MR) is 115 cm³/mol. The van der Waals surface area contributed by atoms with Crippen LogP contribution in [0, 0.1) is 0 Å². The molecule has 0 aliphatic carbocycles. The molecule has 1 fully saturated rings. The van der Waals surface area contributed by atoms with Crippen molar-refractivity contribution in [2.75, 3.05) is 23.9 Å². The van der Waals surface area contributed by atoms with Gasteiger partial charge >= 0.3 is 0 Å². The fourth-order valence-electron chi connectivity index (χ4n) is 2.74. The molecule has 0 spiro atoms. The summed E-state index contributed by atoms with van der Waals surface area (Å²) in [6, 6.07) is 14.1. The van der Waals surface area contributed by atoms with Crippen molar-refractivity contribution in [2.24, 2.45) is 4.99 Å². The van der Waals surface area contributed by atoms with Crippen LogP contribution in [0.5, 0.6) is 5.75 Å². The van der Waals surface area contributed by atoms with Crippen molar-refractivity contribution in [2.45, 2.75) is 18.6 Å². The van der Waals surface area contributed by atoms with E-state index in [1.165, 1.54) is 16.7 Å². The zero-order valence-corrected chi connectivity index (χ0v) is 17.1. The minimum atomic E-state index is -0.528. The average Bonchev–Trinajstić information content (AvgIpc) is 2.97. The van der Waals surface area contributed by atoms with Gasteiger partial charge in [-0.1, -0.05) is 23.4 Å². The van der Waals surface area contributed by atoms with E-state index >= 15 is 0 Å². The molecule has 1 saturated heterocycles. The largest absolute Gasteiger partial charge is 0.497 e. The zero-order valence-electron chi connectivity index (χ0n) is 15.5. The lowest BCUT2D eigenvalue weighted by Crippen LogP contribution is -2.31. The fourth-order valence-corrected chi connectivity index (χ4v) is 3.95. The Hall–Kier alpha value is -2.51. The van der Waals surface area contributed by atoms with Gasteiger partial charge in [0.1, 0.15) is 11.0 Å². The van der Waals surface area contributed by atoms with Gasteiger partial charge in [0, 0.05) is 23.7 Å². The fraction of sp³-hybridized carbons (Fsp3) is 0.250. The number of hydrogen-bond acceptors (Lipinski definition) is 5. The van der Waals surface area contributed by atoms with Crippen LogP contribution in [0.3, 0.4) is 0 Å². The van der Waals surface area contributed by atoms with Gasteiger partial charge in [0.25, 0.3) is 0 Å². The number of carbonyl (C=O) groups excluding carboxylic acids is 2. The highest BCUT2D eigenvalue weighted by molar-refractivity contribution is 8.15. The lowest BCUT2D eigenvalue weighted by atomic mass is 10.3. The third kappa shape index (κ3) is 4.66. The van der Waals surface area contributed by atoms with E-state index in [0.29, 0.717) is 28.2 Å². The van der Waals surface area contributed by atoms with Gasteiger partial charge < -0.3 is 10.1 Å². The van der Waals surface area contributed by atoms with Crippen molar-refractivity contribution in [1.82, 2.24) is 0 Å². The number of halogens is 1. The van der Waals surface area contributed by atoms with Crippen LogP contribution in [0.15, 0.2) is 53.5 Å². The minimum absolute atomic E-state index is 0.126. The van der Waals surface area contributed by atoms with Crippen LogP contribution >= 0.6 is 23.4 Å². The number of nitrogens with zero attached hydrogens (tertiary/aromatic N) is 2. The Kier molecular flexibility index (Phi) is 6.59. The summed E-state index contributed by atoms with van der Waals surface area (Å²) in [5.41, 5.74) is 1.35. The van der Waals surface area contributed by atoms with Crippen LogP contribution in [0.2, 0.25) is 5.02 Å². The van der Waals surface area contributed by atoms with Crippen LogP contribution < -0.4 is 15.0 Å². The van der Waals surface area contributed by atoms with Gasteiger partial charge in [-0.25, -0.2) is 4.90 Å². The van der Waals surface area contributed by atoms with Crippen LogP contribution in [-0.2, 0) is 9.59 Å². The molecule has 28 heavy (non-hydrogen) atoms. The first kappa shape index (κ1) is 20.2. The van der Waals surface area contributed by atoms with Gasteiger partial charge in [0.2, 0.25) is 11.8 Å². The molecule has 0 radical (unpaired) electrons. The van der Waals surface area contributed by atoms with Crippen molar-refractivity contribution in [3.8, 4) is 5.75 Å². The number of hydrogen-bond donors (Lipinski definition) is 1. The molecule has 2 aromatic carbocycles. The molecule has 8 heteroatoms. The lowest BCUT2D eigenvalue weighted by Gasteiger charge is -2.16. The molecule has 6 nitrogen and oxygen atoms in total. The SMILES string of the molecule is CCN=C(Nc1ccc(Cl)cc1)S[C@@H]1CC(=O)N(c2ccc(OC)cc2)C1=O. The molecular formula is C20H20ClN3O3S. The van der Waals surface area contributed by atoms with Crippen LogP contribution in [0.4, 0.5) is 11.4 Å². The Morgan fingerprint density at radius 1 is 1.21 bits per heavy atom. The van der Waals surface area contributed by atoms with Crippen LogP contribution in [0.1, 0.15) is 13.3 Å². The van der Waals surface area contributed by atoms with Gasteiger partial charge in [-0.3, -0.25) is 14.6 Å². The summed E-state index contributed by atoms with van der Waals surface area (Å²) in [6.45, 7) is 2.47. The summed E-state index contributed by atoms with van der Waals surface area (Å²) in [5.74, 6) is 0.190. The maximum absolute atomic E-state index is 12.9. The Labute approximate surface area is 172 Å². The highest BCUT2D eigenvalue weighted by Gasteiger charge is 2.40. The number of rotatable bonds is 5. The van der Waals surface area contributed by atoms with E-state index in [1.54, 1.807) is 43.5 Å². The van der Waals surface area contributed by atoms with E-state index in [2.05, 4.69) is 10.3 Å². The topological polar surface area (TPSA) is 71.0 Å². The highest BCUT2D eigenvalue weighted by atomic mass is 35.5. The molecule has 1 aliphatic rings. The average molecular weight is 418 g/mol. The number of imide groups is 1. The summed E-state index contributed by atoms with van der Waals surface area (Å²) >= 11 is 7.18. The van der Waals surface area contributed by atoms with E-state index in [9.17, 15) is 9.59 Å². The van der Waals surface area contributed by atoms with Crippen LogP contribution in [-0.4, -0.2) is 35.9 Å². The van der Waals surface area contributed by atoms with E-state index in [0.717, 1.165) is 5.69 Å². The molecule has 0 unspecified atom stereocenters. The molecule has 0 aromatic heterocycles. The third-order valence-corrected chi connectivity index (χ3v) is 5.45. The van der Waals surface area contributed by atoms with Gasteiger partial charge in [-0.15, -0.1) is 0 Å². The molecule has 146 valence electrons. The normalized spacial score (nSPS) is 17.2. The van der Waals surface area contributed by atoms with E-state index in [4.69, 9.17) is 16.3 Å². The number of aliphatic imine (C=N–C) groups is 1. The second-order valence-corrected chi connectivity index (χ2v) is 7.62. The van der Waals surface area contributed by atoms with Crippen molar-refractivity contribution in [3.63, 3.8) is 0 Å². The van der Waals surface area contributed by atoms with E-state index < -0.39 is 5.25 Å². The quantitative estimate of drug-likeness (QED) is 0.448. The summed E-state index contributed by atoms with van der Waals surface area (Å²) in [5, 5.41) is 3.89. The van der Waals surface area contributed by atoms with Crippen LogP contribution in [0.25, 0.3) is 0 Å². The first-order valence-electron chi connectivity index (χ1n) is 8.76. The van der Waals surface area contributed by atoms with Gasteiger partial charge in [0.15, 0.2) is 5.17 Å². The number of nitrogens with one attached hydrogen (secondary N) is 1. The number of benzene rings is 2. The monoisotopic (exact) mass is 417 g/mol. The molecular weight excluding hydrogens is 398 g/mol. The Balaban J connectivity index is 1.73. The number of amides is 2. The Morgan fingerprint density at radius 3 is 2.50 bits per heavy atom. The number of anilines is 2. The first-order valence-corrected chi connectivity index (χ1v) is 10.0. The summed E-state index contributed by atoms with van der Waals surface area (Å²) in [4.78, 5) is 31.0. The number of carbonyl (C=O) groups is 2. The molecule has 1 atom stereocenters. The van der Waals surface area contributed by atoms with Crippen molar-refractivity contribution in [1.29, 1.82) is 0 Å². The zero-order chi connectivity index (χ0) is 20.1. The molecule has 1 N–H and O–H groups in total. The molecule has 2 amide bonds. The van der Waals surface area contributed by atoms with E-state index in [-0.39, 0.29) is 18.2 Å². The third-order valence-electron chi connectivity index (χ3n) is 4.09. The Morgan fingerprint density at radius 2 is 1.89 bits per heavy atom. The molecule has 0 bridgehead atoms. The van der Waals surface area contributed by atoms with Crippen molar-refractivity contribution in [3.05, 3.63) is 53.6 Å². The summed E-state index contributed by atoms with van der Waals surface area (Å²) in [6.07, 6.45) is 0.126. The summed E-state index contributed by atoms with van der Waals surface area (Å²) in [7, 11) is 1.57. The maximum Gasteiger partial charge on any atom is 0.247 e. The molecule has 1 heterocycles. The number of amidine groups is 1. The number of ether oxygens (including phenoxy) is 1. The maximum atomic E-state index is 12.9. The molecule has 3 rings (SSSR count). The predicted octanol–water partition coefficient (Wildman–Crippen LogP) is 4.20. The smallest absolute Gasteiger partial charge is 0.247 e. The standard InChI is InChI=1S/C20H20ClN3O3S/c1-3-22-20(23-14-6-4-13(21)5-7-14)28-17-12-18(25)24(19(17)26)15-8-10-16(27-2)11-9-15/h4-11,17H,3,12H2,1-2H3,(H,22,23)/t17-/m1/s1. The number of thioether (sulfide) groups is 1. The first-order chi connectivity index (χ1) is 13.5. The highest BCUT2D eigenvalue weighted by Crippen LogP contribution is 2.31.